The minimum absolute atomic E-state index is 0.418. The van der Waals surface area contributed by atoms with Crippen LogP contribution in [0.3, 0.4) is 0 Å². The van der Waals surface area contributed by atoms with Crippen molar-refractivity contribution in [2.45, 2.75) is 13.8 Å². The molecule has 0 unspecified atom stereocenters. The minimum Gasteiger partial charge on any atom is -0.465 e. The molecule has 0 heterocycles. The molecule has 0 bridgehead atoms. The van der Waals surface area contributed by atoms with E-state index in [4.69, 9.17) is 21.1 Å². The van der Waals surface area contributed by atoms with Crippen LogP contribution in [0.2, 0.25) is 5.02 Å². The molecule has 3 nitrogen and oxygen atoms in total. The number of para-hydroxylation sites is 2. The Balaban J connectivity index is 1.88. The van der Waals surface area contributed by atoms with Crippen molar-refractivity contribution in [2.24, 2.45) is 4.99 Å². The Bertz CT molecular complexity index is 948. The van der Waals surface area contributed by atoms with Gasteiger partial charge < -0.3 is 9.47 Å². The molecular formula is C23H20ClNO2. The SMILES string of the molecule is CC(=C\Oc1ccc(C)cc1)/C(=N/c1ccccc1)Oc1ccccc1Cl. The first-order chi connectivity index (χ1) is 13.1. The van der Waals surface area contributed by atoms with Crippen LogP contribution in [0, 0.1) is 6.92 Å². The monoisotopic (exact) mass is 377 g/mol. The van der Waals surface area contributed by atoms with E-state index in [2.05, 4.69) is 4.99 Å². The Morgan fingerprint density at radius 1 is 0.889 bits per heavy atom. The molecule has 136 valence electrons. The molecule has 4 heteroatoms. The second-order valence-corrected chi connectivity index (χ2v) is 6.42. The maximum Gasteiger partial charge on any atom is 0.225 e. The first-order valence-electron chi connectivity index (χ1n) is 8.58. The Morgan fingerprint density at radius 3 is 2.26 bits per heavy atom. The van der Waals surface area contributed by atoms with Crippen LogP contribution in [0.5, 0.6) is 11.5 Å². The quantitative estimate of drug-likeness (QED) is 0.280. The number of aryl methyl sites for hydroxylation is 1. The third kappa shape index (κ3) is 5.47. The van der Waals surface area contributed by atoms with E-state index >= 15 is 0 Å². The van der Waals surface area contributed by atoms with Gasteiger partial charge in [0.15, 0.2) is 0 Å². The maximum absolute atomic E-state index is 6.23. The van der Waals surface area contributed by atoms with Crippen molar-refractivity contribution in [2.75, 3.05) is 0 Å². The lowest BCUT2D eigenvalue weighted by atomic mass is 10.2. The number of halogens is 1. The molecule has 3 rings (SSSR count). The molecule has 0 amide bonds. The molecule has 27 heavy (non-hydrogen) atoms. The number of benzene rings is 3. The summed E-state index contributed by atoms with van der Waals surface area (Å²) in [4.78, 5) is 4.61. The van der Waals surface area contributed by atoms with Crippen molar-refractivity contribution in [1.82, 2.24) is 0 Å². The lowest BCUT2D eigenvalue weighted by Gasteiger charge is -2.11. The standard InChI is InChI=1S/C23H20ClNO2/c1-17-12-14-20(15-13-17)26-16-18(2)23(25-19-8-4-3-5-9-19)27-22-11-7-6-10-21(22)24/h3-16H,1-2H3/b18-16+,25-23-. The van der Waals surface area contributed by atoms with E-state index in [1.807, 2.05) is 80.6 Å². The van der Waals surface area contributed by atoms with E-state index in [1.54, 1.807) is 18.4 Å². The molecule has 0 fully saturated rings. The molecule has 0 spiro atoms. The summed E-state index contributed by atoms with van der Waals surface area (Å²) >= 11 is 6.23. The van der Waals surface area contributed by atoms with Gasteiger partial charge >= 0.3 is 0 Å². The van der Waals surface area contributed by atoms with E-state index in [0.717, 1.165) is 17.0 Å². The van der Waals surface area contributed by atoms with Gasteiger partial charge in [0.1, 0.15) is 11.5 Å². The molecule has 0 atom stereocenters. The Labute approximate surface area is 164 Å². The molecule has 0 N–H and O–H groups in total. The van der Waals surface area contributed by atoms with Gasteiger partial charge in [-0.1, -0.05) is 59.6 Å². The van der Waals surface area contributed by atoms with Gasteiger partial charge in [-0.2, -0.15) is 0 Å². The van der Waals surface area contributed by atoms with Gasteiger partial charge in [0.2, 0.25) is 5.90 Å². The molecular weight excluding hydrogens is 358 g/mol. The smallest absolute Gasteiger partial charge is 0.225 e. The number of ether oxygens (including phenoxy) is 2. The normalized spacial score (nSPS) is 12.0. The molecule has 0 aliphatic carbocycles. The number of nitrogens with zero attached hydrogens (tertiary/aromatic N) is 1. The van der Waals surface area contributed by atoms with E-state index in [9.17, 15) is 0 Å². The van der Waals surface area contributed by atoms with Gasteiger partial charge in [-0.25, -0.2) is 4.99 Å². The predicted octanol–water partition coefficient (Wildman–Crippen LogP) is 6.74. The van der Waals surface area contributed by atoms with Gasteiger partial charge in [0.05, 0.1) is 17.0 Å². The average Bonchev–Trinajstić information content (AvgIpc) is 2.69. The van der Waals surface area contributed by atoms with Crippen LogP contribution in [0.4, 0.5) is 5.69 Å². The molecule has 0 aliphatic rings. The first-order valence-corrected chi connectivity index (χ1v) is 8.96. The highest BCUT2D eigenvalue weighted by Crippen LogP contribution is 2.25. The van der Waals surface area contributed by atoms with Crippen molar-refractivity contribution >= 4 is 23.2 Å². The van der Waals surface area contributed by atoms with E-state index in [1.165, 1.54) is 5.56 Å². The van der Waals surface area contributed by atoms with Crippen LogP contribution in [-0.2, 0) is 0 Å². The van der Waals surface area contributed by atoms with Crippen LogP contribution in [-0.4, -0.2) is 5.90 Å². The summed E-state index contributed by atoms with van der Waals surface area (Å²) in [6, 6.07) is 24.7. The average molecular weight is 378 g/mol. The minimum atomic E-state index is 0.418. The zero-order valence-corrected chi connectivity index (χ0v) is 16.0. The van der Waals surface area contributed by atoms with Crippen LogP contribution in [0.1, 0.15) is 12.5 Å². The van der Waals surface area contributed by atoms with Crippen molar-refractivity contribution in [3.63, 3.8) is 0 Å². The topological polar surface area (TPSA) is 30.8 Å². The molecule has 0 saturated carbocycles. The van der Waals surface area contributed by atoms with Gasteiger partial charge in [0, 0.05) is 5.57 Å². The van der Waals surface area contributed by atoms with Crippen LogP contribution in [0.25, 0.3) is 0 Å². The second kappa shape index (κ2) is 9.06. The zero-order chi connectivity index (χ0) is 19.1. The molecule has 3 aromatic rings. The third-order valence-electron chi connectivity index (χ3n) is 3.76. The fourth-order valence-corrected chi connectivity index (χ4v) is 2.44. The Hall–Kier alpha value is -3.04. The van der Waals surface area contributed by atoms with Gasteiger partial charge in [-0.05, 0) is 50.2 Å². The molecule has 3 aromatic carbocycles. The summed E-state index contributed by atoms with van der Waals surface area (Å²) < 4.78 is 11.7. The van der Waals surface area contributed by atoms with Gasteiger partial charge in [-0.3, -0.25) is 0 Å². The predicted molar refractivity (Wildman–Crippen MR) is 111 cm³/mol. The van der Waals surface area contributed by atoms with E-state index in [-0.39, 0.29) is 0 Å². The maximum atomic E-state index is 6.23. The fourth-order valence-electron chi connectivity index (χ4n) is 2.27. The summed E-state index contributed by atoms with van der Waals surface area (Å²) in [6.07, 6.45) is 1.63. The third-order valence-corrected chi connectivity index (χ3v) is 4.07. The molecule has 0 aliphatic heterocycles. The highest BCUT2D eigenvalue weighted by Gasteiger charge is 2.10. The molecule has 0 saturated heterocycles. The highest BCUT2D eigenvalue weighted by molar-refractivity contribution is 6.32. The van der Waals surface area contributed by atoms with Crippen molar-refractivity contribution < 1.29 is 9.47 Å². The summed E-state index contributed by atoms with van der Waals surface area (Å²) in [5, 5.41) is 0.519. The summed E-state index contributed by atoms with van der Waals surface area (Å²) in [7, 11) is 0. The van der Waals surface area contributed by atoms with Crippen LogP contribution < -0.4 is 9.47 Å². The lowest BCUT2D eigenvalue weighted by molar-refractivity contribution is 0.473. The van der Waals surface area contributed by atoms with Crippen LogP contribution in [0.15, 0.2) is 95.7 Å². The summed E-state index contributed by atoms with van der Waals surface area (Å²) in [5.41, 5.74) is 2.69. The van der Waals surface area contributed by atoms with Crippen LogP contribution >= 0.6 is 11.6 Å². The number of rotatable bonds is 5. The number of aliphatic imine (C=N–C) groups is 1. The summed E-state index contributed by atoms with van der Waals surface area (Å²) in [5.74, 6) is 1.70. The second-order valence-electron chi connectivity index (χ2n) is 6.02. The van der Waals surface area contributed by atoms with E-state index < -0.39 is 0 Å². The highest BCUT2D eigenvalue weighted by atomic mass is 35.5. The molecule has 0 radical (unpaired) electrons. The molecule has 0 aromatic heterocycles. The Morgan fingerprint density at radius 2 is 1.56 bits per heavy atom. The van der Waals surface area contributed by atoms with Gasteiger partial charge in [0.25, 0.3) is 0 Å². The van der Waals surface area contributed by atoms with Gasteiger partial charge in [-0.15, -0.1) is 0 Å². The lowest BCUT2D eigenvalue weighted by Crippen LogP contribution is -2.11. The van der Waals surface area contributed by atoms with Crippen molar-refractivity contribution in [1.29, 1.82) is 0 Å². The Kier molecular flexibility index (Phi) is 6.29. The summed E-state index contributed by atoms with van der Waals surface area (Å²) in [6.45, 7) is 3.92. The number of hydrogen-bond donors (Lipinski definition) is 0. The first kappa shape index (κ1) is 18.7. The van der Waals surface area contributed by atoms with E-state index in [0.29, 0.717) is 16.7 Å². The fraction of sp³-hybridized carbons (Fsp3) is 0.0870. The zero-order valence-electron chi connectivity index (χ0n) is 15.2. The van der Waals surface area contributed by atoms with Crippen molar-refractivity contribution in [3.8, 4) is 11.5 Å². The van der Waals surface area contributed by atoms with Crippen molar-refractivity contribution in [3.05, 3.63) is 101 Å². The largest absolute Gasteiger partial charge is 0.465 e. The number of hydrogen-bond acceptors (Lipinski definition) is 3.